The number of hydrogen-bond donors (Lipinski definition) is 1. The fourth-order valence-electron chi connectivity index (χ4n) is 4.97. The second-order valence-electron chi connectivity index (χ2n) is 8.80. The molecule has 2 aromatic heterocycles. The molecule has 2 aliphatic rings. The van der Waals surface area contributed by atoms with Gasteiger partial charge in [0, 0.05) is 48.7 Å². The van der Waals surface area contributed by atoms with E-state index in [2.05, 4.69) is 97.7 Å². The number of rotatable bonds is 5. The average Bonchev–Trinajstić information content (AvgIpc) is 3.55. The van der Waals surface area contributed by atoms with Gasteiger partial charge in [-0.15, -0.1) is 0 Å². The van der Waals surface area contributed by atoms with Crippen molar-refractivity contribution in [3.05, 3.63) is 109 Å². The van der Waals surface area contributed by atoms with Crippen LogP contribution in [-0.4, -0.2) is 41.0 Å². The van der Waals surface area contributed by atoms with Gasteiger partial charge in [0.05, 0.1) is 31.0 Å². The fourth-order valence-corrected chi connectivity index (χ4v) is 5.31. The van der Waals surface area contributed by atoms with Gasteiger partial charge in [0.2, 0.25) is 0 Å². The number of nitrogens with one attached hydrogen (secondary N) is 1. The smallest absolute Gasteiger partial charge is 0.174 e. The molecule has 176 valence electrons. The zero-order valence-electron chi connectivity index (χ0n) is 19.3. The molecule has 2 fully saturated rings. The summed E-state index contributed by atoms with van der Waals surface area (Å²) < 4.78 is 7.67. The molecule has 0 aliphatic carbocycles. The van der Waals surface area contributed by atoms with Gasteiger partial charge >= 0.3 is 0 Å². The number of morpholine rings is 1. The fraction of sp³-hybridized carbons (Fsp3) is 0.214. The second kappa shape index (κ2) is 9.52. The third-order valence-electron chi connectivity index (χ3n) is 6.71. The number of ether oxygens (including phenoxy) is 1. The first kappa shape index (κ1) is 21.8. The SMILES string of the molecule is S=C1N[C@@H](c2ccccn2)[C@@H](c2ccn(-c3ccccc3)c2)N1c1ccc(N2CCOCC2)cc1. The van der Waals surface area contributed by atoms with Gasteiger partial charge in [-0.2, -0.15) is 0 Å². The van der Waals surface area contributed by atoms with E-state index in [0.717, 1.165) is 43.4 Å². The third-order valence-corrected chi connectivity index (χ3v) is 7.03. The molecule has 0 bridgehead atoms. The van der Waals surface area contributed by atoms with Crippen molar-refractivity contribution >= 4 is 28.7 Å². The van der Waals surface area contributed by atoms with Crippen LogP contribution in [0.4, 0.5) is 11.4 Å². The Hall–Kier alpha value is -3.68. The first-order chi connectivity index (χ1) is 17.3. The Morgan fingerprint density at radius 3 is 2.31 bits per heavy atom. The minimum absolute atomic E-state index is 0.0309. The van der Waals surface area contributed by atoms with Gasteiger partial charge < -0.3 is 24.4 Å². The van der Waals surface area contributed by atoms with Crippen molar-refractivity contribution in [1.29, 1.82) is 0 Å². The maximum absolute atomic E-state index is 5.89. The van der Waals surface area contributed by atoms with Crippen LogP contribution < -0.4 is 15.1 Å². The lowest BCUT2D eigenvalue weighted by atomic mass is 9.98. The number of anilines is 2. The third kappa shape index (κ3) is 4.29. The van der Waals surface area contributed by atoms with Crippen LogP contribution in [0, 0.1) is 0 Å². The highest BCUT2D eigenvalue weighted by molar-refractivity contribution is 7.80. The molecule has 35 heavy (non-hydrogen) atoms. The summed E-state index contributed by atoms with van der Waals surface area (Å²) in [5.74, 6) is 0. The summed E-state index contributed by atoms with van der Waals surface area (Å²) in [6.45, 7) is 3.38. The first-order valence-corrected chi connectivity index (χ1v) is 12.4. The van der Waals surface area contributed by atoms with Gasteiger partial charge in [-0.05, 0) is 72.4 Å². The number of hydrogen-bond acceptors (Lipinski definition) is 4. The predicted octanol–water partition coefficient (Wildman–Crippen LogP) is 4.89. The van der Waals surface area contributed by atoms with Crippen LogP contribution in [-0.2, 0) is 4.74 Å². The lowest BCUT2D eigenvalue weighted by Crippen LogP contribution is -2.36. The Morgan fingerprint density at radius 1 is 0.829 bits per heavy atom. The van der Waals surface area contributed by atoms with Crippen LogP contribution in [0.5, 0.6) is 0 Å². The average molecular weight is 482 g/mol. The molecule has 0 amide bonds. The quantitative estimate of drug-likeness (QED) is 0.410. The largest absolute Gasteiger partial charge is 0.378 e. The van der Waals surface area contributed by atoms with Crippen molar-refractivity contribution in [1.82, 2.24) is 14.9 Å². The van der Waals surface area contributed by atoms with E-state index in [1.54, 1.807) is 0 Å². The molecular weight excluding hydrogens is 454 g/mol. The van der Waals surface area contributed by atoms with E-state index in [0.29, 0.717) is 5.11 Å². The van der Waals surface area contributed by atoms with Gasteiger partial charge in [-0.25, -0.2) is 0 Å². The minimum atomic E-state index is -0.0609. The van der Waals surface area contributed by atoms with Crippen LogP contribution in [0.25, 0.3) is 5.69 Å². The van der Waals surface area contributed by atoms with Crippen LogP contribution in [0.2, 0.25) is 0 Å². The molecule has 2 saturated heterocycles. The number of nitrogens with zero attached hydrogens (tertiary/aromatic N) is 4. The normalized spacial score (nSPS) is 20.2. The van der Waals surface area contributed by atoms with Crippen LogP contribution in [0.15, 0.2) is 97.5 Å². The molecule has 2 aliphatic heterocycles. The number of benzene rings is 2. The topological polar surface area (TPSA) is 45.6 Å². The monoisotopic (exact) mass is 481 g/mol. The summed E-state index contributed by atoms with van der Waals surface area (Å²) in [6, 6.07) is 27.2. The maximum atomic E-state index is 5.89. The van der Waals surface area contributed by atoms with Crippen molar-refractivity contribution in [3.63, 3.8) is 0 Å². The van der Waals surface area contributed by atoms with E-state index >= 15 is 0 Å². The molecule has 0 radical (unpaired) electrons. The zero-order chi connectivity index (χ0) is 23.6. The van der Waals surface area contributed by atoms with Crippen LogP contribution in [0.1, 0.15) is 23.3 Å². The summed E-state index contributed by atoms with van der Waals surface area (Å²) in [5.41, 5.74) is 5.55. The summed E-state index contributed by atoms with van der Waals surface area (Å²) in [7, 11) is 0. The number of pyridine rings is 1. The Morgan fingerprint density at radius 2 is 1.57 bits per heavy atom. The molecule has 6 nitrogen and oxygen atoms in total. The van der Waals surface area contributed by atoms with Gasteiger partial charge in [-0.1, -0.05) is 24.3 Å². The molecule has 0 spiro atoms. The molecule has 2 atom stereocenters. The summed E-state index contributed by atoms with van der Waals surface area (Å²) in [4.78, 5) is 9.25. The highest BCUT2D eigenvalue weighted by Gasteiger charge is 2.41. The van der Waals surface area contributed by atoms with Crippen molar-refractivity contribution < 1.29 is 4.74 Å². The van der Waals surface area contributed by atoms with Gasteiger partial charge in [-0.3, -0.25) is 4.98 Å². The highest BCUT2D eigenvalue weighted by Crippen LogP contribution is 2.42. The number of aromatic nitrogens is 2. The second-order valence-corrected chi connectivity index (χ2v) is 9.19. The highest BCUT2D eigenvalue weighted by atomic mass is 32.1. The summed E-state index contributed by atoms with van der Waals surface area (Å²) >= 11 is 5.89. The molecule has 4 heterocycles. The Balaban J connectivity index is 1.37. The molecule has 7 heteroatoms. The standard InChI is InChI=1S/C28H27N5OS/c35-28-30-26(25-8-4-5-14-29-25)27(21-13-15-32(20-21)22-6-2-1-3-7-22)33(28)24-11-9-23(10-12-24)31-16-18-34-19-17-31/h1-15,20,26-27H,16-19H2,(H,30,35)/t26-,27+/m0/s1. The number of thiocarbonyl (C=S) groups is 1. The van der Waals surface area contributed by atoms with Gasteiger partial charge in [0.25, 0.3) is 0 Å². The lowest BCUT2D eigenvalue weighted by Gasteiger charge is -2.30. The Labute approximate surface area is 210 Å². The van der Waals surface area contributed by atoms with Crippen molar-refractivity contribution in [2.75, 3.05) is 36.1 Å². The lowest BCUT2D eigenvalue weighted by molar-refractivity contribution is 0.122. The van der Waals surface area contributed by atoms with E-state index in [9.17, 15) is 0 Å². The minimum Gasteiger partial charge on any atom is -0.378 e. The zero-order valence-corrected chi connectivity index (χ0v) is 20.1. The van der Waals surface area contributed by atoms with E-state index in [4.69, 9.17) is 17.0 Å². The molecule has 2 aromatic carbocycles. The molecule has 0 saturated carbocycles. The van der Waals surface area contributed by atoms with Crippen LogP contribution >= 0.6 is 12.2 Å². The van der Waals surface area contributed by atoms with Crippen LogP contribution in [0.3, 0.4) is 0 Å². The molecular formula is C28H27N5OS. The summed E-state index contributed by atoms with van der Waals surface area (Å²) in [6.07, 6.45) is 6.15. The van der Waals surface area contributed by atoms with E-state index in [1.807, 2.05) is 24.4 Å². The van der Waals surface area contributed by atoms with Gasteiger partial charge in [0.15, 0.2) is 5.11 Å². The van der Waals surface area contributed by atoms with Gasteiger partial charge in [0.1, 0.15) is 0 Å². The van der Waals surface area contributed by atoms with Crippen molar-refractivity contribution in [2.24, 2.45) is 0 Å². The molecule has 1 N–H and O–H groups in total. The maximum Gasteiger partial charge on any atom is 0.174 e. The van der Waals surface area contributed by atoms with Crippen molar-refractivity contribution in [2.45, 2.75) is 12.1 Å². The molecule has 6 rings (SSSR count). The Kier molecular flexibility index (Phi) is 5.94. The summed E-state index contributed by atoms with van der Waals surface area (Å²) in [5, 5.41) is 4.26. The van der Waals surface area contributed by atoms with E-state index in [-0.39, 0.29) is 12.1 Å². The van der Waals surface area contributed by atoms with Crippen molar-refractivity contribution in [3.8, 4) is 5.69 Å². The molecule has 0 unspecified atom stereocenters. The van der Waals surface area contributed by atoms with E-state index < -0.39 is 0 Å². The van der Waals surface area contributed by atoms with E-state index in [1.165, 1.54) is 11.3 Å². The first-order valence-electron chi connectivity index (χ1n) is 11.9. The number of para-hydroxylation sites is 1. The Bertz CT molecular complexity index is 1290. The predicted molar refractivity (Wildman–Crippen MR) is 143 cm³/mol. The molecule has 4 aromatic rings.